The van der Waals surface area contributed by atoms with Gasteiger partial charge in [-0.3, -0.25) is 4.79 Å². The molecule has 0 aliphatic carbocycles. The minimum atomic E-state index is -0.626. The first kappa shape index (κ1) is 13.4. The van der Waals surface area contributed by atoms with E-state index in [2.05, 4.69) is 31.9 Å². The molecule has 0 N–H and O–H groups in total. The summed E-state index contributed by atoms with van der Waals surface area (Å²) in [6.07, 6.45) is 0. The molecule has 0 aromatic heterocycles. The second-order valence-corrected chi connectivity index (χ2v) is 5.26. The maximum atomic E-state index is 13.8. The average molecular weight is 376 g/mol. The van der Waals surface area contributed by atoms with E-state index in [4.69, 9.17) is 0 Å². The van der Waals surface area contributed by atoms with E-state index in [9.17, 15) is 13.6 Å². The highest BCUT2D eigenvalue weighted by atomic mass is 79.9. The Morgan fingerprint density at radius 2 is 1.67 bits per heavy atom. The van der Waals surface area contributed by atoms with E-state index < -0.39 is 17.4 Å². The van der Waals surface area contributed by atoms with Gasteiger partial charge in [-0.2, -0.15) is 0 Å². The Morgan fingerprint density at radius 3 is 2.33 bits per heavy atom. The molecule has 0 unspecified atom stereocenters. The number of carbonyl (C=O) groups excluding carboxylic acids is 1. The summed E-state index contributed by atoms with van der Waals surface area (Å²) < 4.78 is 27.2. The molecular formula is C13H6Br2F2O. The van der Waals surface area contributed by atoms with Crippen molar-refractivity contribution in [3.8, 4) is 0 Å². The standard InChI is InChI=1S/C13H6Br2F2O/c14-10-3-1-2-9(12(10)17)13(18)8-5-4-7(16)6-11(8)15/h1-6H. The van der Waals surface area contributed by atoms with E-state index in [1.807, 2.05) is 0 Å². The van der Waals surface area contributed by atoms with Crippen LogP contribution < -0.4 is 0 Å². The molecule has 0 aliphatic rings. The lowest BCUT2D eigenvalue weighted by Crippen LogP contribution is -2.05. The molecule has 2 aromatic carbocycles. The summed E-state index contributed by atoms with van der Waals surface area (Å²) >= 11 is 6.11. The maximum absolute atomic E-state index is 13.8. The van der Waals surface area contributed by atoms with Crippen LogP contribution in [0, 0.1) is 11.6 Å². The number of carbonyl (C=O) groups is 1. The van der Waals surface area contributed by atoms with Gasteiger partial charge in [0.15, 0.2) is 5.78 Å². The molecular weight excluding hydrogens is 370 g/mol. The van der Waals surface area contributed by atoms with Gasteiger partial charge in [0.2, 0.25) is 0 Å². The number of hydrogen-bond donors (Lipinski definition) is 0. The van der Waals surface area contributed by atoms with Gasteiger partial charge in [-0.05, 0) is 62.2 Å². The zero-order valence-electron chi connectivity index (χ0n) is 8.88. The van der Waals surface area contributed by atoms with Crippen LogP contribution in [0.1, 0.15) is 15.9 Å². The molecule has 5 heteroatoms. The van der Waals surface area contributed by atoms with Crippen molar-refractivity contribution in [2.45, 2.75) is 0 Å². The molecule has 0 fully saturated rings. The van der Waals surface area contributed by atoms with Gasteiger partial charge < -0.3 is 0 Å². The van der Waals surface area contributed by atoms with Crippen LogP contribution in [-0.2, 0) is 0 Å². The third kappa shape index (κ3) is 2.52. The molecule has 2 aromatic rings. The molecule has 0 heterocycles. The predicted molar refractivity (Wildman–Crippen MR) is 71.6 cm³/mol. The van der Waals surface area contributed by atoms with E-state index in [1.54, 1.807) is 6.07 Å². The minimum Gasteiger partial charge on any atom is -0.288 e. The van der Waals surface area contributed by atoms with E-state index in [1.165, 1.54) is 24.3 Å². The van der Waals surface area contributed by atoms with E-state index in [-0.39, 0.29) is 15.6 Å². The van der Waals surface area contributed by atoms with Crippen molar-refractivity contribution in [3.63, 3.8) is 0 Å². The van der Waals surface area contributed by atoms with Crippen LogP contribution in [0.15, 0.2) is 45.3 Å². The molecule has 92 valence electrons. The van der Waals surface area contributed by atoms with Crippen LogP contribution in [0.2, 0.25) is 0 Å². The summed E-state index contributed by atoms with van der Waals surface area (Å²) in [5.74, 6) is -1.59. The first-order chi connectivity index (χ1) is 8.50. The summed E-state index contributed by atoms with van der Waals surface area (Å²) in [5, 5.41) is 0. The Labute approximate surface area is 119 Å². The highest BCUT2D eigenvalue weighted by molar-refractivity contribution is 9.10. The van der Waals surface area contributed by atoms with Gasteiger partial charge in [0.1, 0.15) is 11.6 Å². The second-order valence-electron chi connectivity index (χ2n) is 3.55. The molecule has 0 radical (unpaired) electrons. The van der Waals surface area contributed by atoms with Crippen LogP contribution in [-0.4, -0.2) is 5.78 Å². The van der Waals surface area contributed by atoms with Gasteiger partial charge in [0.25, 0.3) is 0 Å². The Morgan fingerprint density at radius 1 is 0.944 bits per heavy atom. The van der Waals surface area contributed by atoms with Gasteiger partial charge in [-0.15, -0.1) is 0 Å². The summed E-state index contributed by atoms with van der Waals surface area (Å²) in [7, 11) is 0. The lowest BCUT2D eigenvalue weighted by Gasteiger charge is -2.06. The summed E-state index contributed by atoms with van der Waals surface area (Å²) in [5.41, 5.74) is 0.157. The van der Waals surface area contributed by atoms with E-state index >= 15 is 0 Å². The topological polar surface area (TPSA) is 17.1 Å². The van der Waals surface area contributed by atoms with Gasteiger partial charge in [-0.25, -0.2) is 8.78 Å². The highest BCUT2D eigenvalue weighted by Gasteiger charge is 2.18. The smallest absolute Gasteiger partial charge is 0.197 e. The fraction of sp³-hybridized carbons (Fsp3) is 0. The minimum absolute atomic E-state index is 0.0586. The van der Waals surface area contributed by atoms with Crippen molar-refractivity contribution in [2.75, 3.05) is 0 Å². The number of rotatable bonds is 2. The molecule has 0 amide bonds. The zero-order valence-corrected chi connectivity index (χ0v) is 12.1. The normalized spacial score (nSPS) is 10.4. The predicted octanol–water partition coefficient (Wildman–Crippen LogP) is 4.72. The summed E-state index contributed by atoms with van der Waals surface area (Å²) in [6.45, 7) is 0. The largest absolute Gasteiger partial charge is 0.288 e. The zero-order chi connectivity index (χ0) is 13.3. The average Bonchev–Trinajstić information content (AvgIpc) is 2.32. The van der Waals surface area contributed by atoms with Gasteiger partial charge >= 0.3 is 0 Å². The molecule has 0 saturated carbocycles. The molecule has 18 heavy (non-hydrogen) atoms. The Kier molecular flexibility index (Phi) is 3.92. The lowest BCUT2D eigenvalue weighted by molar-refractivity contribution is 0.103. The van der Waals surface area contributed by atoms with Crippen LogP contribution in [0.25, 0.3) is 0 Å². The SMILES string of the molecule is O=C(c1ccc(F)cc1Br)c1cccc(Br)c1F. The Balaban J connectivity index is 2.51. The Hall–Kier alpha value is -1.07. The second kappa shape index (κ2) is 5.28. The van der Waals surface area contributed by atoms with Crippen molar-refractivity contribution >= 4 is 37.6 Å². The Bertz CT molecular complexity index is 626. The van der Waals surface area contributed by atoms with Gasteiger partial charge in [0.05, 0.1) is 10.0 Å². The first-order valence-corrected chi connectivity index (χ1v) is 6.53. The van der Waals surface area contributed by atoms with Crippen molar-refractivity contribution in [3.05, 3.63) is 68.1 Å². The number of hydrogen-bond acceptors (Lipinski definition) is 1. The van der Waals surface area contributed by atoms with Crippen LogP contribution in [0.5, 0.6) is 0 Å². The molecule has 0 spiro atoms. The van der Waals surface area contributed by atoms with Crippen LogP contribution in [0.3, 0.4) is 0 Å². The fourth-order valence-electron chi connectivity index (χ4n) is 1.50. The lowest BCUT2D eigenvalue weighted by atomic mass is 10.0. The molecule has 0 saturated heterocycles. The number of benzene rings is 2. The van der Waals surface area contributed by atoms with Crippen molar-refractivity contribution in [1.29, 1.82) is 0 Å². The molecule has 0 aliphatic heterocycles. The molecule has 0 atom stereocenters. The van der Waals surface area contributed by atoms with Crippen molar-refractivity contribution < 1.29 is 13.6 Å². The quantitative estimate of drug-likeness (QED) is 0.694. The van der Waals surface area contributed by atoms with Crippen LogP contribution >= 0.6 is 31.9 Å². The van der Waals surface area contributed by atoms with Crippen molar-refractivity contribution in [2.24, 2.45) is 0 Å². The molecule has 1 nitrogen and oxygen atoms in total. The number of ketones is 1. The molecule has 0 bridgehead atoms. The summed E-state index contributed by atoms with van der Waals surface area (Å²) in [4.78, 5) is 12.1. The van der Waals surface area contributed by atoms with Crippen LogP contribution in [0.4, 0.5) is 8.78 Å². The summed E-state index contributed by atoms with van der Waals surface area (Å²) in [6, 6.07) is 8.11. The third-order valence-corrected chi connectivity index (χ3v) is 3.64. The van der Waals surface area contributed by atoms with Gasteiger partial charge in [0, 0.05) is 10.0 Å². The van der Waals surface area contributed by atoms with Gasteiger partial charge in [-0.1, -0.05) is 6.07 Å². The van der Waals surface area contributed by atoms with Crippen molar-refractivity contribution in [1.82, 2.24) is 0 Å². The molecule has 2 rings (SSSR count). The first-order valence-electron chi connectivity index (χ1n) is 4.94. The monoisotopic (exact) mass is 374 g/mol. The van der Waals surface area contributed by atoms with E-state index in [0.717, 1.165) is 6.07 Å². The number of halogens is 4. The maximum Gasteiger partial charge on any atom is 0.197 e. The highest BCUT2D eigenvalue weighted by Crippen LogP contribution is 2.25. The van der Waals surface area contributed by atoms with E-state index in [0.29, 0.717) is 4.47 Å². The fourth-order valence-corrected chi connectivity index (χ4v) is 2.39. The third-order valence-electron chi connectivity index (χ3n) is 2.37.